The molecule has 0 saturated heterocycles. The quantitative estimate of drug-likeness (QED) is 0.810. The third-order valence-electron chi connectivity index (χ3n) is 2.58. The molecular formula is C11H12FN5O3S. The van der Waals surface area contributed by atoms with Gasteiger partial charge in [0.25, 0.3) is 0 Å². The molecule has 0 unspecified atom stereocenters. The van der Waals surface area contributed by atoms with Gasteiger partial charge in [0.1, 0.15) is 5.82 Å². The number of halogens is 1. The Labute approximate surface area is 119 Å². The number of nitrogens with two attached hydrogens (primary N) is 1. The lowest BCUT2D eigenvalue weighted by molar-refractivity contribution is -0.116. The number of rotatable bonds is 5. The van der Waals surface area contributed by atoms with E-state index in [-0.39, 0.29) is 17.0 Å². The van der Waals surface area contributed by atoms with Crippen molar-refractivity contribution in [2.45, 2.75) is 17.9 Å². The van der Waals surface area contributed by atoms with Crippen LogP contribution in [0.1, 0.15) is 6.42 Å². The number of hydrogen-bond acceptors (Lipinski definition) is 5. The normalized spacial score (nSPS) is 11.3. The Morgan fingerprint density at radius 1 is 1.43 bits per heavy atom. The minimum atomic E-state index is -3.98. The Balaban J connectivity index is 2.01. The predicted octanol–water partition coefficient (Wildman–Crippen LogP) is 0.0934. The van der Waals surface area contributed by atoms with Gasteiger partial charge in [-0.2, -0.15) is 0 Å². The van der Waals surface area contributed by atoms with E-state index in [1.54, 1.807) is 6.20 Å². The van der Waals surface area contributed by atoms with Gasteiger partial charge in [-0.3, -0.25) is 9.48 Å². The number of amides is 1. The number of carbonyl (C=O) groups is 1. The number of nitrogens with one attached hydrogen (secondary N) is 1. The Bertz CT molecular complexity index is 745. The number of aromatic nitrogens is 3. The fourth-order valence-corrected chi connectivity index (χ4v) is 2.08. The van der Waals surface area contributed by atoms with Crippen LogP contribution in [-0.4, -0.2) is 29.3 Å². The summed E-state index contributed by atoms with van der Waals surface area (Å²) in [5.41, 5.74) is -0.119. The van der Waals surface area contributed by atoms with Crippen LogP contribution in [0.4, 0.5) is 10.1 Å². The molecule has 10 heteroatoms. The van der Waals surface area contributed by atoms with Crippen molar-refractivity contribution in [1.29, 1.82) is 0 Å². The minimum absolute atomic E-state index is 0.0692. The van der Waals surface area contributed by atoms with Crippen LogP contribution >= 0.6 is 0 Å². The maximum Gasteiger partial charge on any atom is 0.238 e. The first-order valence-electron chi connectivity index (χ1n) is 5.82. The standard InChI is InChI=1S/C11H12FN5O3S/c12-9-7-8(21(13,19)20)1-2-10(9)15-11(18)3-5-17-6-4-14-16-17/h1-2,4,6-7H,3,5H2,(H,15,18)(H2,13,19,20). The summed E-state index contributed by atoms with van der Waals surface area (Å²) in [7, 11) is -3.98. The molecule has 0 aliphatic carbocycles. The molecular weight excluding hydrogens is 301 g/mol. The number of nitrogens with zero attached hydrogens (tertiary/aromatic N) is 3. The number of benzene rings is 1. The first-order valence-corrected chi connectivity index (χ1v) is 7.37. The molecule has 1 aromatic heterocycles. The Kier molecular flexibility index (Phi) is 4.29. The molecule has 0 aliphatic rings. The van der Waals surface area contributed by atoms with Crippen LogP contribution in [0.3, 0.4) is 0 Å². The average Bonchev–Trinajstić information content (AvgIpc) is 2.91. The Morgan fingerprint density at radius 2 is 2.19 bits per heavy atom. The van der Waals surface area contributed by atoms with Gasteiger partial charge in [0, 0.05) is 12.6 Å². The molecule has 3 N–H and O–H groups in total. The lowest BCUT2D eigenvalue weighted by Crippen LogP contribution is -2.16. The molecule has 1 amide bonds. The molecule has 0 saturated carbocycles. The summed E-state index contributed by atoms with van der Waals surface area (Å²) >= 11 is 0. The van der Waals surface area contributed by atoms with E-state index in [4.69, 9.17) is 5.14 Å². The molecule has 2 rings (SSSR count). The second kappa shape index (κ2) is 5.97. The smallest absolute Gasteiger partial charge is 0.238 e. The summed E-state index contributed by atoms with van der Waals surface area (Å²) in [6.07, 6.45) is 3.14. The van der Waals surface area contributed by atoms with E-state index in [0.717, 1.165) is 18.2 Å². The summed E-state index contributed by atoms with van der Waals surface area (Å²) in [6.45, 7) is 0.294. The van der Waals surface area contributed by atoms with E-state index in [9.17, 15) is 17.6 Å². The third kappa shape index (κ3) is 4.07. The van der Waals surface area contributed by atoms with Crippen LogP contribution in [0, 0.1) is 5.82 Å². The van der Waals surface area contributed by atoms with Crippen molar-refractivity contribution < 1.29 is 17.6 Å². The topological polar surface area (TPSA) is 120 Å². The van der Waals surface area contributed by atoms with Crippen molar-refractivity contribution in [3.8, 4) is 0 Å². The zero-order chi connectivity index (χ0) is 15.5. The van der Waals surface area contributed by atoms with Crippen molar-refractivity contribution in [3.05, 3.63) is 36.4 Å². The van der Waals surface area contributed by atoms with Gasteiger partial charge >= 0.3 is 0 Å². The average molecular weight is 313 g/mol. The molecule has 2 aromatic rings. The number of hydrogen-bond donors (Lipinski definition) is 2. The highest BCUT2D eigenvalue weighted by molar-refractivity contribution is 7.89. The van der Waals surface area contributed by atoms with Crippen molar-refractivity contribution in [2.75, 3.05) is 5.32 Å². The largest absolute Gasteiger partial charge is 0.324 e. The van der Waals surface area contributed by atoms with Crippen LogP contribution in [-0.2, 0) is 21.4 Å². The lowest BCUT2D eigenvalue weighted by atomic mass is 10.3. The Hall–Kier alpha value is -2.33. The molecule has 1 aromatic carbocycles. The van der Waals surface area contributed by atoms with Crippen LogP contribution in [0.5, 0.6) is 0 Å². The molecule has 0 spiro atoms. The molecule has 0 radical (unpaired) electrons. The molecule has 0 aliphatic heterocycles. The van der Waals surface area contributed by atoms with E-state index in [1.165, 1.54) is 10.9 Å². The fraction of sp³-hybridized carbons (Fsp3) is 0.182. The monoisotopic (exact) mass is 313 g/mol. The maximum absolute atomic E-state index is 13.7. The van der Waals surface area contributed by atoms with Crippen molar-refractivity contribution in [2.24, 2.45) is 5.14 Å². The van der Waals surface area contributed by atoms with Crippen LogP contribution < -0.4 is 10.5 Å². The van der Waals surface area contributed by atoms with E-state index in [2.05, 4.69) is 15.6 Å². The zero-order valence-corrected chi connectivity index (χ0v) is 11.5. The summed E-state index contributed by atoms with van der Waals surface area (Å²) in [4.78, 5) is 11.3. The highest BCUT2D eigenvalue weighted by Crippen LogP contribution is 2.18. The second-order valence-electron chi connectivity index (χ2n) is 4.15. The SMILES string of the molecule is NS(=O)(=O)c1ccc(NC(=O)CCn2ccnn2)c(F)c1. The van der Waals surface area contributed by atoms with Gasteiger partial charge in [0.05, 0.1) is 23.3 Å². The van der Waals surface area contributed by atoms with E-state index in [1.807, 2.05) is 0 Å². The number of aryl methyl sites for hydroxylation is 1. The van der Waals surface area contributed by atoms with Gasteiger partial charge in [0.15, 0.2) is 0 Å². The number of anilines is 1. The maximum atomic E-state index is 13.7. The van der Waals surface area contributed by atoms with E-state index in [0.29, 0.717) is 6.54 Å². The van der Waals surface area contributed by atoms with E-state index < -0.39 is 21.7 Å². The lowest BCUT2D eigenvalue weighted by Gasteiger charge is -2.07. The molecule has 21 heavy (non-hydrogen) atoms. The van der Waals surface area contributed by atoms with Crippen LogP contribution in [0.15, 0.2) is 35.5 Å². The third-order valence-corrected chi connectivity index (χ3v) is 3.49. The number of carbonyl (C=O) groups excluding carboxylic acids is 1. The van der Waals surface area contributed by atoms with E-state index >= 15 is 0 Å². The van der Waals surface area contributed by atoms with Gasteiger partial charge in [-0.15, -0.1) is 5.10 Å². The number of sulfonamides is 1. The molecule has 112 valence electrons. The highest BCUT2D eigenvalue weighted by atomic mass is 32.2. The number of primary sulfonamides is 1. The molecule has 1 heterocycles. The van der Waals surface area contributed by atoms with Gasteiger partial charge in [-0.25, -0.2) is 17.9 Å². The van der Waals surface area contributed by atoms with Gasteiger partial charge in [-0.1, -0.05) is 5.21 Å². The highest BCUT2D eigenvalue weighted by Gasteiger charge is 2.13. The van der Waals surface area contributed by atoms with Gasteiger partial charge < -0.3 is 5.32 Å². The van der Waals surface area contributed by atoms with Gasteiger partial charge in [-0.05, 0) is 18.2 Å². The molecule has 0 atom stereocenters. The van der Waals surface area contributed by atoms with Crippen molar-refractivity contribution >= 4 is 21.6 Å². The van der Waals surface area contributed by atoms with Crippen molar-refractivity contribution in [1.82, 2.24) is 15.0 Å². The minimum Gasteiger partial charge on any atom is -0.324 e. The van der Waals surface area contributed by atoms with Crippen LogP contribution in [0.25, 0.3) is 0 Å². The summed E-state index contributed by atoms with van der Waals surface area (Å²) < 4.78 is 37.3. The van der Waals surface area contributed by atoms with Crippen molar-refractivity contribution in [3.63, 3.8) is 0 Å². The zero-order valence-electron chi connectivity index (χ0n) is 10.7. The summed E-state index contributed by atoms with van der Waals surface area (Å²) in [5.74, 6) is -1.32. The predicted molar refractivity (Wildman–Crippen MR) is 71.0 cm³/mol. The first-order chi connectivity index (χ1) is 9.86. The van der Waals surface area contributed by atoms with Crippen LogP contribution in [0.2, 0.25) is 0 Å². The second-order valence-corrected chi connectivity index (χ2v) is 5.71. The van der Waals surface area contributed by atoms with Gasteiger partial charge in [0.2, 0.25) is 15.9 Å². The molecule has 8 nitrogen and oxygen atoms in total. The molecule has 0 bridgehead atoms. The Morgan fingerprint density at radius 3 is 2.76 bits per heavy atom. The fourth-order valence-electron chi connectivity index (χ4n) is 1.55. The first kappa shape index (κ1) is 15.1. The summed E-state index contributed by atoms with van der Waals surface area (Å²) in [5, 5.41) is 14.5. The summed E-state index contributed by atoms with van der Waals surface area (Å²) in [6, 6.07) is 3.01. The molecule has 0 fully saturated rings.